The number of sulfone groups is 1. The summed E-state index contributed by atoms with van der Waals surface area (Å²) in [4.78, 5) is 0. The van der Waals surface area contributed by atoms with E-state index in [-0.39, 0.29) is 25.4 Å². The van der Waals surface area contributed by atoms with Gasteiger partial charge in [0.25, 0.3) is 0 Å². The maximum atomic E-state index is 10.7. The standard InChI is InChI=1S/C7H17NO4S/c1-7(10,6-9)5-8-3-4-13(2,11)12/h8-10H,3-6H2,1-2H3. The quantitative estimate of drug-likeness (QED) is 0.459. The minimum absolute atomic E-state index is 0.0362. The van der Waals surface area contributed by atoms with Gasteiger partial charge in [-0.2, -0.15) is 0 Å². The highest BCUT2D eigenvalue weighted by atomic mass is 32.2. The molecule has 0 saturated heterocycles. The van der Waals surface area contributed by atoms with Gasteiger partial charge in [-0.25, -0.2) is 8.42 Å². The first-order chi connectivity index (χ1) is 5.77. The van der Waals surface area contributed by atoms with Crippen LogP contribution in [0, 0.1) is 0 Å². The van der Waals surface area contributed by atoms with Crippen LogP contribution in [0.1, 0.15) is 6.92 Å². The van der Waals surface area contributed by atoms with Gasteiger partial charge in [0.05, 0.1) is 18.0 Å². The molecule has 80 valence electrons. The van der Waals surface area contributed by atoms with Crippen LogP contribution in [0.3, 0.4) is 0 Å². The van der Waals surface area contributed by atoms with Gasteiger partial charge in [0.1, 0.15) is 9.84 Å². The van der Waals surface area contributed by atoms with E-state index in [1.807, 2.05) is 0 Å². The SMILES string of the molecule is CC(O)(CO)CNCCS(C)(=O)=O. The fourth-order valence-corrected chi connectivity index (χ4v) is 1.19. The van der Waals surface area contributed by atoms with Crippen molar-refractivity contribution in [3.05, 3.63) is 0 Å². The van der Waals surface area contributed by atoms with Gasteiger partial charge in [0.15, 0.2) is 0 Å². The molecule has 0 fully saturated rings. The molecule has 0 bridgehead atoms. The molecule has 0 amide bonds. The Kier molecular flexibility index (Phi) is 4.83. The zero-order valence-corrected chi connectivity index (χ0v) is 8.76. The lowest BCUT2D eigenvalue weighted by Crippen LogP contribution is -2.42. The van der Waals surface area contributed by atoms with Gasteiger partial charge in [-0.15, -0.1) is 0 Å². The molecule has 0 aliphatic heterocycles. The van der Waals surface area contributed by atoms with Gasteiger partial charge in [0, 0.05) is 19.3 Å². The lowest BCUT2D eigenvalue weighted by atomic mass is 10.1. The molecule has 0 rings (SSSR count). The van der Waals surface area contributed by atoms with Gasteiger partial charge < -0.3 is 15.5 Å². The Balaban J connectivity index is 3.58. The average Bonchev–Trinajstić information content (AvgIpc) is 1.97. The van der Waals surface area contributed by atoms with Crippen LogP contribution in [-0.4, -0.2) is 55.9 Å². The Hall–Kier alpha value is -0.170. The summed E-state index contributed by atoms with van der Waals surface area (Å²) >= 11 is 0. The fraction of sp³-hybridized carbons (Fsp3) is 1.00. The van der Waals surface area contributed by atoms with Gasteiger partial charge in [-0.05, 0) is 6.92 Å². The Morgan fingerprint density at radius 2 is 2.00 bits per heavy atom. The van der Waals surface area contributed by atoms with Gasteiger partial charge >= 0.3 is 0 Å². The smallest absolute Gasteiger partial charge is 0.148 e. The van der Waals surface area contributed by atoms with Crippen LogP contribution < -0.4 is 5.32 Å². The summed E-state index contributed by atoms with van der Waals surface area (Å²) in [6.45, 7) is 1.59. The van der Waals surface area contributed by atoms with Crippen LogP contribution in [0.5, 0.6) is 0 Å². The summed E-state index contributed by atoms with van der Waals surface area (Å²) in [5, 5.41) is 20.7. The molecular formula is C7H17NO4S. The van der Waals surface area contributed by atoms with E-state index in [9.17, 15) is 13.5 Å². The van der Waals surface area contributed by atoms with Gasteiger partial charge in [-0.1, -0.05) is 0 Å². The van der Waals surface area contributed by atoms with Gasteiger partial charge in [-0.3, -0.25) is 0 Å². The zero-order valence-electron chi connectivity index (χ0n) is 7.95. The molecule has 5 nitrogen and oxygen atoms in total. The van der Waals surface area contributed by atoms with Crippen LogP contribution in [0.25, 0.3) is 0 Å². The molecule has 3 N–H and O–H groups in total. The van der Waals surface area contributed by atoms with E-state index in [2.05, 4.69) is 5.32 Å². The molecule has 0 aromatic carbocycles. The summed E-state index contributed by atoms with van der Waals surface area (Å²) < 4.78 is 21.3. The maximum absolute atomic E-state index is 10.7. The molecule has 0 radical (unpaired) electrons. The Morgan fingerprint density at radius 3 is 2.38 bits per heavy atom. The van der Waals surface area contributed by atoms with E-state index in [0.717, 1.165) is 6.26 Å². The molecule has 0 spiro atoms. The molecule has 0 heterocycles. The third-order valence-corrected chi connectivity index (χ3v) is 2.44. The maximum Gasteiger partial charge on any atom is 0.148 e. The molecular weight excluding hydrogens is 194 g/mol. The third-order valence-electron chi connectivity index (χ3n) is 1.50. The second-order valence-corrected chi connectivity index (χ2v) is 5.72. The number of aliphatic hydroxyl groups excluding tert-OH is 1. The number of aliphatic hydroxyl groups is 2. The summed E-state index contributed by atoms with van der Waals surface area (Å²) in [5.41, 5.74) is -1.18. The van der Waals surface area contributed by atoms with Crippen LogP contribution in [0.2, 0.25) is 0 Å². The van der Waals surface area contributed by atoms with E-state index in [1.54, 1.807) is 0 Å². The Labute approximate surface area is 78.7 Å². The topological polar surface area (TPSA) is 86.6 Å². The summed E-state index contributed by atoms with van der Waals surface area (Å²) in [5.74, 6) is 0.0362. The van der Waals surface area contributed by atoms with Crippen molar-refractivity contribution < 1.29 is 18.6 Å². The summed E-state index contributed by atoms with van der Waals surface area (Å²) in [7, 11) is -2.96. The van der Waals surface area contributed by atoms with Crippen LogP contribution >= 0.6 is 0 Å². The number of nitrogens with one attached hydrogen (secondary N) is 1. The molecule has 0 aromatic heterocycles. The summed E-state index contributed by atoms with van der Waals surface area (Å²) in [6, 6.07) is 0. The highest BCUT2D eigenvalue weighted by Crippen LogP contribution is 1.97. The first kappa shape index (κ1) is 12.8. The lowest BCUT2D eigenvalue weighted by Gasteiger charge is -2.20. The summed E-state index contributed by atoms with van der Waals surface area (Å²) in [6.07, 6.45) is 1.15. The number of hydrogen-bond acceptors (Lipinski definition) is 5. The second kappa shape index (κ2) is 4.90. The zero-order chi connectivity index (χ0) is 10.5. The molecule has 0 aliphatic carbocycles. The Morgan fingerprint density at radius 1 is 1.46 bits per heavy atom. The molecule has 0 saturated carbocycles. The highest BCUT2D eigenvalue weighted by Gasteiger charge is 2.17. The van der Waals surface area contributed by atoms with Crippen LogP contribution in [0.15, 0.2) is 0 Å². The third kappa shape index (κ3) is 8.17. The van der Waals surface area contributed by atoms with Crippen molar-refractivity contribution in [3.63, 3.8) is 0 Å². The highest BCUT2D eigenvalue weighted by molar-refractivity contribution is 7.90. The predicted molar refractivity (Wildman–Crippen MR) is 50.3 cm³/mol. The van der Waals surface area contributed by atoms with E-state index >= 15 is 0 Å². The molecule has 1 unspecified atom stereocenters. The molecule has 1 atom stereocenters. The van der Waals surface area contributed by atoms with Crippen molar-refractivity contribution in [2.24, 2.45) is 0 Å². The molecule has 6 heteroatoms. The molecule has 0 aliphatic rings. The van der Waals surface area contributed by atoms with E-state index < -0.39 is 15.4 Å². The predicted octanol–water partition coefficient (Wildman–Crippen LogP) is -1.64. The van der Waals surface area contributed by atoms with Crippen molar-refractivity contribution in [3.8, 4) is 0 Å². The van der Waals surface area contributed by atoms with Crippen molar-refractivity contribution >= 4 is 9.84 Å². The van der Waals surface area contributed by atoms with Crippen molar-refractivity contribution in [2.45, 2.75) is 12.5 Å². The largest absolute Gasteiger partial charge is 0.393 e. The molecule has 13 heavy (non-hydrogen) atoms. The fourth-order valence-electron chi connectivity index (χ4n) is 0.671. The second-order valence-electron chi connectivity index (χ2n) is 3.46. The minimum atomic E-state index is -2.96. The minimum Gasteiger partial charge on any atom is -0.393 e. The monoisotopic (exact) mass is 211 g/mol. The van der Waals surface area contributed by atoms with E-state index in [1.165, 1.54) is 6.92 Å². The van der Waals surface area contributed by atoms with Crippen LogP contribution in [0.4, 0.5) is 0 Å². The van der Waals surface area contributed by atoms with Crippen molar-refractivity contribution in [1.29, 1.82) is 0 Å². The number of hydrogen-bond donors (Lipinski definition) is 3. The van der Waals surface area contributed by atoms with E-state index in [4.69, 9.17) is 5.11 Å². The first-order valence-electron chi connectivity index (χ1n) is 3.98. The lowest BCUT2D eigenvalue weighted by molar-refractivity contribution is 0.00322. The first-order valence-corrected chi connectivity index (χ1v) is 6.04. The van der Waals surface area contributed by atoms with Crippen molar-refractivity contribution in [1.82, 2.24) is 5.32 Å². The van der Waals surface area contributed by atoms with E-state index in [0.29, 0.717) is 0 Å². The molecule has 0 aromatic rings. The average molecular weight is 211 g/mol. The van der Waals surface area contributed by atoms with Crippen LogP contribution in [-0.2, 0) is 9.84 Å². The number of rotatable bonds is 6. The van der Waals surface area contributed by atoms with Gasteiger partial charge in [0.2, 0.25) is 0 Å². The normalized spacial score (nSPS) is 16.9. The van der Waals surface area contributed by atoms with Crippen molar-refractivity contribution in [2.75, 3.05) is 31.7 Å². The Bertz CT molecular complexity index is 235.